The molecule has 3 rings (SSSR count). The fourth-order valence-corrected chi connectivity index (χ4v) is 4.95. The maximum atomic E-state index is 11.0. The number of carboxylic acid groups (broad SMARTS) is 1. The third kappa shape index (κ3) is 4.34. The molecule has 1 aliphatic carbocycles. The Bertz CT molecular complexity index is 646. The highest BCUT2D eigenvalue weighted by molar-refractivity contribution is 7.09. The Morgan fingerprint density at radius 3 is 3.00 bits per heavy atom. The zero-order valence-electron chi connectivity index (χ0n) is 15.0. The molecule has 26 heavy (non-hydrogen) atoms. The Kier molecular flexibility index (Phi) is 6.45. The van der Waals surface area contributed by atoms with Gasteiger partial charge in [0.2, 0.25) is 0 Å². The van der Waals surface area contributed by atoms with Gasteiger partial charge in [-0.05, 0) is 31.6 Å². The second kappa shape index (κ2) is 8.61. The van der Waals surface area contributed by atoms with Gasteiger partial charge in [-0.25, -0.2) is 9.78 Å². The lowest BCUT2D eigenvalue weighted by Crippen LogP contribution is -2.30. The van der Waals surface area contributed by atoms with Gasteiger partial charge in [0.25, 0.3) is 0 Å². The number of aromatic carboxylic acids is 1. The number of rotatable bonds is 7. The summed E-state index contributed by atoms with van der Waals surface area (Å²) >= 11 is 1.32. The minimum Gasteiger partial charge on any atom is -0.476 e. The molecule has 0 radical (unpaired) electrons. The molecule has 1 saturated carbocycles. The highest BCUT2D eigenvalue weighted by Crippen LogP contribution is 2.46. The van der Waals surface area contributed by atoms with Crippen LogP contribution in [0.1, 0.15) is 67.0 Å². The normalized spacial score (nSPS) is 32.7. The van der Waals surface area contributed by atoms with Gasteiger partial charge in [-0.1, -0.05) is 25.5 Å². The molecule has 144 valence electrons. The van der Waals surface area contributed by atoms with Gasteiger partial charge in [-0.3, -0.25) is 0 Å². The Balaban J connectivity index is 1.59. The maximum absolute atomic E-state index is 11.0. The standard InChI is InChI=1S/C19H27NO5S/c1-2-4-11(21)5-3-6-12-13-7-8-16(25-17(13)9-15(12)22)18-20-14(10-26-18)19(23)24/h3,6,10-13,15-17,21-22H,2,4-5,7-9H2,1H3,(H,23,24)/b6-3+/t11?,12?,13-,15-,16?,17+/m1/s1. The number of ether oxygens (including phenoxy) is 1. The molecule has 1 saturated heterocycles. The smallest absolute Gasteiger partial charge is 0.355 e. The van der Waals surface area contributed by atoms with E-state index in [1.54, 1.807) is 5.38 Å². The molecule has 2 aliphatic rings. The minimum absolute atomic E-state index is 0.0313. The molecule has 2 fully saturated rings. The van der Waals surface area contributed by atoms with Crippen LogP contribution in [0.25, 0.3) is 0 Å². The van der Waals surface area contributed by atoms with Crippen LogP contribution in [0, 0.1) is 11.8 Å². The Labute approximate surface area is 157 Å². The molecular formula is C19H27NO5S. The van der Waals surface area contributed by atoms with Crippen molar-refractivity contribution in [3.63, 3.8) is 0 Å². The summed E-state index contributed by atoms with van der Waals surface area (Å²) < 4.78 is 6.17. The highest BCUT2D eigenvalue weighted by Gasteiger charge is 2.45. The Morgan fingerprint density at radius 2 is 2.31 bits per heavy atom. The molecule has 7 heteroatoms. The first-order valence-corrected chi connectivity index (χ1v) is 10.2. The van der Waals surface area contributed by atoms with Crippen LogP contribution in [0.3, 0.4) is 0 Å². The molecule has 6 nitrogen and oxygen atoms in total. The average Bonchev–Trinajstić information content (AvgIpc) is 3.20. The van der Waals surface area contributed by atoms with E-state index in [2.05, 4.69) is 11.9 Å². The molecule has 2 heterocycles. The number of thiazole rings is 1. The molecule has 0 spiro atoms. The summed E-state index contributed by atoms with van der Waals surface area (Å²) in [7, 11) is 0. The van der Waals surface area contributed by atoms with E-state index in [4.69, 9.17) is 9.84 Å². The van der Waals surface area contributed by atoms with Crippen molar-refractivity contribution < 1.29 is 24.9 Å². The van der Waals surface area contributed by atoms with Crippen LogP contribution in [0.15, 0.2) is 17.5 Å². The molecule has 1 aromatic heterocycles. The summed E-state index contributed by atoms with van der Waals surface area (Å²) in [4.78, 5) is 15.2. The molecule has 3 N–H and O–H groups in total. The van der Waals surface area contributed by atoms with Crippen LogP contribution in [-0.4, -0.2) is 44.6 Å². The second-order valence-electron chi connectivity index (χ2n) is 7.27. The lowest BCUT2D eigenvalue weighted by Gasteiger charge is -2.33. The van der Waals surface area contributed by atoms with E-state index in [0.29, 0.717) is 17.8 Å². The van der Waals surface area contributed by atoms with Crippen molar-refractivity contribution in [1.29, 1.82) is 0 Å². The first-order valence-electron chi connectivity index (χ1n) is 9.36. The van der Waals surface area contributed by atoms with Crippen molar-refractivity contribution in [3.8, 4) is 0 Å². The van der Waals surface area contributed by atoms with E-state index in [0.717, 1.165) is 25.7 Å². The molecule has 0 amide bonds. The number of carboxylic acids is 1. The largest absolute Gasteiger partial charge is 0.476 e. The van der Waals surface area contributed by atoms with Gasteiger partial charge in [0.1, 0.15) is 11.1 Å². The van der Waals surface area contributed by atoms with Crippen molar-refractivity contribution in [2.75, 3.05) is 0 Å². The fourth-order valence-electron chi connectivity index (χ4n) is 4.09. The van der Waals surface area contributed by atoms with E-state index >= 15 is 0 Å². The first-order chi connectivity index (χ1) is 12.5. The Morgan fingerprint density at radius 1 is 1.50 bits per heavy atom. The van der Waals surface area contributed by atoms with Gasteiger partial charge >= 0.3 is 5.97 Å². The van der Waals surface area contributed by atoms with Gasteiger partial charge in [-0.2, -0.15) is 0 Å². The lowest BCUT2D eigenvalue weighted by molar-refractivity contribution is -0.0767. The molecule has 0 aromatic carbocycles. The molecule has 3 unspecified atom stereocenters. The van der Waals surface area contributed by atoms with Crippen molar-refractivity contribution in [1.82, 2.24) is 4.98 Å². The highest BCUT2D eigenvalue weighted by atomic mass is 32.1. The number of nitrogens with zero attached hydrogens (tertiary/aromatic N) is 1. The van der Waals surface area contributed by atoms with E-state index in [1.807, 2.05) is 12.2 Å². The number of aromatic nitrogens is 1. The van der Waals surface area contributed by atoms with Gasteiger partial charge in [0, 0.05) is 17.7 Å². The van der Waals surface area contributed by atoms with Crippen molar-refractivity contribution in [3.05, 3.63) is 28.2 Å². The summed E-state index contributed by atoms with van der Waals surface area (Å²) in [5.41, 5.74) is 0.0635. The van der Waals surface area contributed by atoms with E-state index in [9.17, 15) is 15.0 Å². The van der Waals surface area contributed by atoms with E-state index in [1.165, 1.54) is 11.3 Å². The van der Waals surface area contributed by atoms with Crippen molar-refractivity contribution in [2.24, 2.45) is 11.8 Å². The molecular weight excluding hydrogens is 354 g/mol. The number of aliphatic hydroxyl groups excluding tert-OH is 2. The van der Waals surface area contributed by atoms with Crippen LogP contribution in [0.2, 0.25) is 0 Å². The van der Waals surface area contributed by atoms with Gasteiger partial charge in [0.05, 0.1) is 18.3 Å². The van der Waals surface area contributed by atoms with Crippen LogP contribution in [-0.2, 0) is 4.74 Å². The fraction of sp³-hybridized carbons (Fsp3) is 0.684. The number of fused-ring (bicyclic) bond motifs is 1. The minimum atomic E-state index is -1.02. The quantitative estimate of drug-likeness (QED) is 0.627. The number of carbonyl (C=O) groups is 1. The summed E-state index contributed by atoms with van der Waals surface area (Å²) in [5.74, 6) is -0.701. The van der Waals surface area contributed by atoms with Crippen LogP contribution < -0.4 is 0 Å². The zero-order chi connectivity index (χ0) is 18.7. The molecule has 1 aromatic rings. The van der Waals surface area contributed by atoms with Crippen molar-refractivity contribution in [2.45, 2.75) is 69.9 Å². The predicted octanol–water partition coefficient (Wildman–Crippen LogP) is 3.17. The number of hydrogen-bond acceptors (Lipinski definition) is 6. The molecule has 0 bridgehead atoms. The second-order valence-corrected chi connectivity index (χ2v) is 8.16. The zero-order valence-corrected chi connectivity index (χ0v) is 15.8. The van der Waals surface area contributed by atoms with Gasteiger partial charge in [0.15, 0.2) is 5.69 Å². The van der Waals surface area contributed by atoms with Crippen LogP contribution in [0.5, 0.6) is 0 Å². The van der Waals surface area contributed by atoms with Crippen molar-refractivity contribution >= 4 is 17.3 Å². The third-order valence-corrected chi connectivity index (χ3v) is 6.33. The van der Waals surface area contributed by atoms with Crippen LogP contribution in [0.4, 0.5) is 0 Å². The van der Waals surface area contributed by atoms with E-state index in [-0.39, 0.29) is 35.8 Å². The summed E-state index contributed by atoms with van der Waals surface area (Å²) in [6, 6.07) is 0. The van der Waals surface area contributed by atoms with Gasteiger partial charge in [-0.15, -0.1) is 11.3 Å². The SMILES string of the molecule is CCCC(O)C/C=C/C1[C@H](O)C[C@@H]2OC(c3nc(C(=O)O)cs3)CC[C@H]12. The predicted molar refractivity (Wildman–Crippen MR) is 98.2 cm³/mol. The number of hydrogen-bond donors (Lipinski definition) is 3. The Hall–Kier alpha value is -1.28. The van der Waals surface area contributed by atoms with Gasteiger partial charge < -0.3 is 20.1 Å². The third-order valence-electron chi connectivity index (χ3n) is 5.40. The monoisotopic (exact) mass is 381 g/mol. The molecule has 6 atom stereocenters. The number of aliphatic hydroxyl groups is 2. The average molecular weight is 381 g/mol. The van der Waals surface area contributed by atoms with E-state index < -0.39 is 12.1 Å². The summed E-state index contributed by atoms with van der Waals surface area (Å²) in [6.07, 6.45) is 7.73. The topological polar surface area (TPSA) is 99.9 Å². The lowest BCUT2D eigenvalue weighted by atomic mass is 9.86. The van der Waals surface area contributed by atoms with Crippen LogP contribution >= 0.6 is 11.3 Å². The molecule has 1 aliphatic heterocycles. The summed E-state index contributed by atoms with van der Waals surface area (Å²) in [5, 5.41) is 31.5. The first kappa shape index (κ1) is 19.5. The maximum Gasteiger partial charge on any atom is 0.355 e. The summed E-state index contributed by atoms with van der Waals surface area (Å²) in [6.45, 7) is 2.05.